The van der Waals surface area contributed by atoms with Gasteiger partial charge in [-0.25, -0.2) is 9.97 Å². The van der Waals surface area contributed by atoms with Crippen molar-refractivity contribution in [3.05, 3.63) is 71.8 Å². The highest BCUT2D eigenvalue weighted by Crippen LogP contribution is 2.32. The molecule has 3 aromatic carbocycles. The Morgan fingerprint density at radius 2 is 1.58 bits per heavy atom. The molecule has 4 nitrogen and oxygen atoms in total. The van der Waals surface area contributed by atoms with Gasteiger partial charge in [0.15, 0.2) is 0 Å². The zero-order valence-electron chi connectivity index (χ0n) is 14.7. The molecule has 5 rings (SSSR count). The molecule has 0 atom stereocenters. The van der Waals surface area contributed by atoms with Crippen molar-refractivity contribution in [2.45, 2.75) is 13.8 Å². The van der Waals surface area contributed by atoms with Crippen LogP contribution < -0.4 is 5.73 Å². The Bertz CT molecular complexity index is 1310. The van der Waals surface area contributed by atoms with Gasteiger partial charge in [-0.15, -0.1) is 0 Å². The number of hydrogen-bond donors (Lipinski definition) is 1. The summed E-state index contributed by atoms with van der Waals surface area (Å²) in [6.45, 7) is 4.15. The highest BCUT2D eigenvalue weighted by Gasteiger charge is 2.16. The highest BCUT2D eigenvalue weighted by molar-refractivity contribution is 5.99. The number of imidazole rings is 1. The molecule has 0 bridgehead atoms. The molecule has 2 N–H and O–H groups in total. The van der Waals surface area contributed by atoms with Crippen LogP contribution in [0.3, 0.4) is 0 Å². The molecular weight excluding hydrogens is 320 g/mol. The molecule has 0 spiro atoms. The molecule has 4 heteroatoms. The van der Waals surface area contributed by atoms with Gasteiger partial charge in [0.25, 0.3) is 0 Å². The van der Waals surface area contributed by atoms with Crippen molar-refractivity contribution in [2.24, 2.45) is 0 Å². The number of nitrogens with two attached hydrogens (primary N) is 1. The number of nitrogens with zero attached hydrogens (tertiary/aromatic N) is 3. The fourth-order valence-electron chi connectivity index (χ4n) is 3.56. The van der Waals surface area contributed by atoms with E-state index in [-0.39, 0.29) is 0 Å². The molecule has 2 aromatic heterocycles. The predicted octanol–water partition coefficient (Wildman–Crippen LogP) is 4.90. The Balaban J connectivity index is 2.04. The lowest BCUT2D eigenvalue weighted by molar-refractivity contribution is 1.16. The Morgan fingerprint density at radius 3 is 2.46 bits per heavy atom. The maximum atomic E-state index is 6.32. The number of anilines is 1. The number of rotatable bonds is 1. The molecule has 5 aromatic rings. The largest absolute Gasteiger partial charge is 0.398 e. The standard InChI is InChI=1S/C22H18N4/c1-13-7-9-17(23)15(11-13)21-24-18-10-8-14(2)12-16(18)22-25-19-5-3-4-6-20(19)26(21)22/h3-12H,23H2,1-2H3. The first-order valence-electron chi connectivity index (χ1n) is 8.66. The number of aryl methyl sites for hydroxylation is 2. The number of nitrogen functional groups attached to an aromatic ring is 1. The van der Waals surface area contributed by atoms with Crippen LogP contribution in [0.25, 0.3) is 39.0 Å². The molecule has 0 radical (unpaired) electrons. The molecule has 0 aliphatic carbocycles. The molecule has 0 aliphatic heterocycles. The van der Waals surface area contributed by atoms with E-state index in [2.05, 4.69) is 48.6 Å². The minimum Gasteiger partial charge on any atom is -0.398 e. The van der Waals surface area contributed by atoms with Crippen LogP contribution in [0.15, 0.2) is 60.7 Å². The first kappa shape index (κ1) is 14.9. The summed E-state index contributed by atoms with van der Waals surface area (Å²) >= 11 is 0. The van der Waals surface area contributed by atoms with Crippen molar-refractivity contribution in [2.75, 3.05) is 5.73 Å². The summed E-state index contributed by atoms with van der Waals surface area (Å²) in [6.07, 6.45) is 0. The number of fused-ring (bicyclic) bond motifs is 5. The van der Waals surface area contributed by atoms with E-state index in [0.717, 1.165) is 44.5 Å². The normalized spacial score (nSPS) is 11.6. The lowest BCUT2D eigenvalue weighted by Crippen LogP contribution is -2.01. The van der Waals surface area contributed by atoms with Crippen LogP contribution in [-0.2, 0) is 0 Å². The maximum Gasteiger partial charge on any atom is 0.149 e. The summed E-state index contributed by atoms with van der Waals surface area (Å²) in [5, 5.41) is 1.05. The van der Waals surface area contributed by atoms with Crippen molar-refractivity contribution in [3.8, 4) is 11.4 Å². The van der Waals surface area contributed by atoms with E-state index < -0.39 is 0 Å². The second-order valence-corrected chi connectivity index (χ2v) is 6.81. The number of hydrogen-bond acceptors (Lipinski definition) is 3. The molecule has 0 saturated carbocycles. The van der Waals surface area contributed by atoms with Gasteiger partial charge in [-0.3, -0.25) is 4.40 Å². The predicted molar refractivity (Wildman–Crippen MR) is 107 cm³/mol. The molecule has 0 unspecified atom stereocenters. The van der Waals surface area contributed by atoms with Gasteiger partial charge in [0, 0.05) is 16.6 Å². The lowest BCUT2D eigenvalue weighted by Gasteiger charge is -2.12. The smallest absolute Gasteiger partial charge is 0.149 e. The number of aromatic nitrogens is 3. The average Bonchev–Trinajstić information content (AvgIpc) is 3.03. The minimum atomic E-state index is 0.716. The van der Waals surface area contributed by atoms with Crippen LogP contribution in [-0.4, -0.2) is 14.4 Å². The third-order valence-corrected chi connectivity index (χ3v) is 4.84. The van der Waals surface area contributed by atoms with Crippen molar-refractivity contribution in [1.82, 2.24) is 14.4 Å². The van der Waals surface area contributed by atoms with E-state index in [9.17, 15) is 0 Å². The summed E-state index contributed by atoms with van der Waals surface area (Å²) in [5.74, 6) is 0.825. The van der Waals surface area contributed by atoms with Crippen LogP contribution in [0, 0.1) is 13.8 Å². The zero-order chi connectivity index (χ0) is 17.8. The summed E-state index contributed by atoms with van der Waals surface area (Å²) < 4.78 is 2.13. The van der Waals surface area contributed by atoms with Gasteiger partial charge in [-0.2, -0.15) is 0 Å². The van der Waals surface area contributed by atoms with Gasteiger partial charge in [-0.05, 0) is 50.2 Å². The average molecular weight is 338 g/mol. The quantitative estimate of drug-likeness (QED) is 0.442. The Kier molecular flexibility index (Phi) is 3.04. The monoisotopic (exact) mass is 338 g/mol. The van der Waals surface area contributed by atoms with Crippen LogP contribution >= 0.6 is 0 Å². The van der Waals surface area contributed by atoms with Crippen molar-refractivity contribution >= 4 is 33.3 Å². The van der Waals surface area contributed by atoms with Gasteiger partial charge in [-0.1, -0.05) is 35.4 Å². The Morgan fingerprint density at radius 1 is 0.808 bits per heavy atom. The Labute approximate surface area is 150 Å². The maximum absolute atomic E-state index is 6.32. The highest BCUT2D eigenvalue weighted by atomic mass is 15.1. The molecule has 26 heavy (non-hydrogen) atoms. The van der Waals surface area contributed by atoms with Gasteiger partial charge >= 0.3 is 0 Å². The van der Waals surface area contributed by atoms with E-state index in [1.165, 1.54) is 5.56 Å². The SMILES string of the molecule is Cc1ccc(N)c(-c2nc3ccc(C)cc3c3nc4ccccc4n23)c1. The molecule has 0 fully saturated rings. The van der Waals surface area contributed by atoms with Crippen LogP contribution in [0.5, 0.6) is 0 Å². The van der Waals surface area contributed by atoms with Gasteiger partial charge in [0.2, 0.25) is 0 Å². The summed E-state index contributed by atoms with van der Waals surface area (Å²) in [5.41, 5.74) is 14.1. The third kappa shape index (κ3) is 2.09. The first-order valence-corrected chi connectivity index (χ1v) is 8.66. The molecule has 0 aliphatic rings. The van der Waals surface area contributed by atoms with Gasteiger partial charge in [0.1, 0.15) is 11.5 Å². The van der Waals surface area contributed by atoms with E-state index in [1.54, 1.807) is 0 Å². The molecule has 0 amide bonds. The number of para-hydroxylation sites is 2. The molecule has 2 heterocycles. The minimum absolute atomic E-state index is 0.716. The first-order chi connectivity index (χ1) is 12.6. The topological polar surface area (TPSA) is 56.2 Å². The van der Waals surface area contributed by atoms with Crippen LogP contribution in [0.1, 0.15) is 11.1 Å². The van der Waals surface area contributed by atoms with Crippen LogP contribution in [0.2, 0.25) is 0 Å². The van der Waals surface area contributed by atoms with Gasteiger partial charge in [0.05, 0.1) is 16.6 Å². The van der Waals surface area contributed by atoms with Crippen molar-refractivity contribution < 1.29 is 0 Å². The second-order valence-electron chi connectivity index (χ2n) is 6.81. The molecule has 126 valence electrons. The lowest BCUT2D eigenvalue weighted by atomic mass is 10.1. The molecular formula is C22H18N4. The van der Waals surface area contributed by atoms with Crippen molar-refractivity contribution in [1.29, 1.82) is 0 Å². The summed E-state index contributed by atoms with van der Waals surface area (Å²) in [7, 11) is 0. The fourth-order valence-corrected chi connectivity index (χ4v) is 3.56. The van der Waals surface area contributed by atoms with Crippen molar-refractivity contribution in [3.63, 3.8) is 0 Å². The Hall–Kier alpha value is -3.40. The molecule has 0 saturated heterocycles. The van der Waals surface area contributed by atoms with E-state index in [1.807, 2.05) is 30.3 Å². The van der Waals surface area contributed by atoms with E-state index >= 15 is 0 Å². The summed E-state index contributed by atoms with van der Waals surface area (Å²) in [6, 6.07) is 20.5. The summed E-state index contributed by atoms with van der Waals surface area (Å²) in [4.78, 5) is 9.89. The third-order valence-electron chi connectivity index (χ3n) is 4.84. The number of benzene rings is 3. The van der Waals surface area contributed by atoms with E-state index in [4.69, 9.17) is 15.7 Å². The fraction of sp³-hybridized carbons (Fsp3) is 0.0909. The van der Waals surface area contributed by atoms with Gasteiger partial charge < -0.3 is 5.73 Å². The van der Waals surface area contributed by atoms with Crippen LogP contribution in [0.4, 0.5) is 5.69 Å². The van der Waals surface area contributed by atoms with E-state index in [0.29, 0.717) is 5.69 Å². The zero-order valence-corrected chi connectivity index (χ0v) is 14.7. The second kappa shape index (κ2) is 5.30.